The number of unbranched alkanes of at least 4 members (excludes halogenated alkanes) is 4. The van der Waals surface area contributed by atoms with Crippen molar-refractivity contribution in [2.45, 2.75) is 111 Å². The summed E-state index contributed by atoms with van der Waals surface area (Å²) in [5, 5.41) is 5.68. The van der Waals surface area contributed by atoms with Crippen LogP contribution in [0, 0.1) is 13.8 Å². The van der Waals surface area contributed by atoms with Gasteiger partial charge < -0.3 is 20.3 Å². The summed E-state index contributed by atoms with van der Waals surface area (Å²) in [6.07, 6.45) is 4.33. The predicted octanol–water partition coefficient (Wildman–Crippen LogP) is 5.49. The van der Waals surface area contributed by atoms with Crippen LogP contribution in [-0.2, 0) is 14.3 Å². The summed E-state index contributed by atoms with van der Waals surface area (Å²) in [7, 11) is 0. The number of nitrogens with one attached hydrogen (secondary N) is 2. The fourth-order valence-corrected chi connectivity index (χ4v) is 4.39. The lowest BCUT2D eigenvalue weighted by atomic mass is 9.93. The molecule has 0 aliphatic heterocycles. The first kappa shape index (κ1) is 31.8. The molecule has 0 spiro atoms. The maximum atomic E-state index is 13.9. The lowest BCUT2D eigenvalue weighted by Crippen LogP contribution is -2.54. The lowest BCUT2D eigenvalue weighted by Gasteiger charge is -2.36. The Morgan fingerprint density at radius 3 is 2.08 bits per heavy atom. The number of amides is 3. The van der Waals surface area contributed by atoms with Gasteiger partial charge in [-0.25, -0.2) is 4.79 Å². The van der Waals surface area contributed by atoms with E-state index in [1.165, 1.54) is 0 Å². The normalized spacial score (nSPS) is 13.2. The summed E-state index contributed by atoms with van der Waals surface area (Å²) in [4.78, 5) is 41.7. The number of hydrogen-bond donors (Lipinski definition) is 3. The topological polar surface area (TPSA) is 87.7 Å². The smallest absolute Gasteiger partial charge is 0.408 e. The van der Waals surface area contributed by atoms with Crippen molar-refractivity contribution in [3.8, 4) is 0 Å². The molecule has 36 heavy (non-hydrogen) atoms. The van der Waals surface area contributed by atoms with Crippen molar-refractivity contribution in [2.75, 3.05) is 12.3 Å². The molecule has 0 saturated heterocycles. The number of alkyl carbamates (subject to hydrolysis) is 1. The van der Waals surface area contributed by atoms with E-state index in [9.17, 15) is 14.4 Å². The Hall–Kier alpha value is -2.22. The van der Waals surface area contributed by atoms with Crippen molar-refractivity contribution in [1.29, 1.82) is 0 Å². The van der Waals surface area contributed by atoms with Crippen molar-refractivity contribution in [1.82, 2.24) is 15.5 Å². The van der Waals surface area contributed by atoms with Crippen LogP contribution in [0.25, 0.3) is 0 Å². The van der Waals surface area contributed by atoms with Gasteiger partial charge in [-0.15, -0.1) is 0 Å². The van der Waals surface area contributed by atoms with Gasteiger partial charge in [-0.1, -0.05) is 50.8 Å². The number of thiol groups is 1. The SMILES string of the molecule is CCCCCCCN(C(=O)C(CS)NC(=O)OC(C)(C)C)C(C(=O)NC(C)C)c1c(C)cccc1C. The van der Waals surface area contributed by atoms with Gasteiger partial charge in [-0.3, -0.25) is 9.59 Å². The second-order valence-corrected chi connectivity index (χ2v) is 11.1. The Morgan fingerprint density at radius 2 is 1.58 bits per heavy atom. The summed E-state index contributed by atoms with van der Waals surface area (Å²) in [5.41, 5.74) is 1.98. The molecule has 0 heterocycles. The molecule has 2 N–H and O–H groups in total. The van der Waals surface area contributed by atoms with Crippen molar-refractivity contribution < 1.29 is 19.1 Å². The van der Waals surface area contributed by atoms with Gasteiger partial charge >= 0.3 is 6.09 Å². The fourth-order valence-electron chi connectivity index (χ4n) is 4.14. The third-order valence-corrected chi connectivity index (χ3v) is 6.13. The maximum Gasteiger partial charge on any atom is 0.408 e. The molecule has 0 radical (unpaired) electrons. The number of carbonyl (C=O) groups excluding carboxylic acids is 3. The molecule has 2 unspecified atom stereocenters. The van der Waals surface area contributed by atoms with Crippen LogP contribution in [0.5, 0.6) is 0 Å². The second-order valence-electron chi connectivity index (χ2n) is 10.7. The molecule has 8 heteroatoms. The van der Waals surface area contributed by atoms with E-state index in [0.717, 1.165) is 48.8 Å². The standard InChI is InChI=1S/C28H47N3O4S/c1-9-10-11-12-13-17-31(26(33)22(18-36)30-27(34)35-28(6,7)8)24(25(32)29-19(2)3)23-20(4)15-14-16-21(23)5/h14-16,19,22,24,36H,9-13,17-18H2,1-8H3,(H,29,32)(H,30,34). The third kappa shape index (κ3) is 10.4. The zero-order valence-electron chi connectivity index (χ0n) is 23.4. The average Bonchev–Trinajstić information content (AvgIpc) is 2.75. The van der Waals surface area contributed by atoms with Crippen molar-refractivity contribution >= 4 is 30.5 Å². The fraction of sp³-hybridized carbons (Fsp3) is 0.679. The highest BCUT2D eigenvalue weighted by molar-refractivity contribution is 7.80. The minimum atomic E-state index is -0.933. The predicted molar refractivity (Wildman–Crippen MR) is 149 cm³/mol. The molecule has 0 aliphatic rings. The van der Waals surface area contributed by atoms with Gasteiger partial charge in [0, 0.05) is 18.3 Å². The van der Waals surface area contributed by atoms with Gasteiger partial charge in [0.25, 0.3) is 0 Å². The highest BCUT2D eigenvalue weighted by Crippen LogP contribution is 2.29. The maximum absolute atomic E-state index is 13.9. The Morgan fingerprint density at radius 1 is 1.00 bits per heavy atom. The molecular weight excluding hydrogens is 474 g/mol. The molecule has 0 fully saturated rings. The third-order valence-electron chi connectivity index (χ3n) is 5.76. The molecule has 1 rings (SSSR count). The number of carbonyl (C=O) groups is 3. The number of nitrogens with zero attached hydrogens (tertiary/aromatic N) is 1. The molecule has 0 aliphatic carbocycles. The average molecular weight is 522 g/mol. The molecule has 0 saturated carbocycles. The van der Waals surface area contributed by atoms with Gasteiger partial charge in [0.1, 0.15) is 17.7 Å². The molecule has 204 valence electrons. The minimum absolute atomic E-state index is 0.0791. The lowest BCUT2D eigenvalue weighted by molar-refractivity contribution is -0.142. The zero-order valence-corrected chi connectivity index (χ0v) is 24.3. The number of benzene rings is 1. The molecule has 0 aromatic heterocycles. The first-order valence-corrected chi connectivity index (χ1v) is 13.7. The summed E-state index contributed by atoms with van der Waals surface area (Å²) >= 11 is 4.36. The summed E-state index contributed by atoms with van der Waals surface area (Å²) in [6, 6.07) is 4.01. The number of rotatable bonds is 13. The highest BCUT2D eigenvalue weighted by Gasteiger charge is 2.37. The first-order chi connectivity index (χ1) is 16.8. The Labute approximate surface area is 223 Å². The first-order valence-electron chi connectivity index (χ1n) is 13.1. The summed E-state index contributed by atoms with van der Waals surface area (Å²) in [5.74, 6) is -0.507. The van der Waals surface area contributed by atoms with E-state index in [1.54, 1.807) is 25.7 Å². The van der Waals surface area contributed by atoms with Gasteiger partial charge in [-0.05, 0) is 71.6 Å². The molecule has 0 bridgehead atoms. The Balaban J connectivity index is 3.44. The van der Waals surface area contributed by atoms with Crippen molar-refractivity contribution in [3.05, 3.63) is 34.9 Å². The minimum Gasteiger partial charge on any atom is -0.444 e. The number of ether oxygens (including phenoxy) is 1. The van der Waals surface area contributed by atoms with Crippen molar-refractivity contribution in [3.63, 3.8) is 0 Å². The number of aryl methyl sites for hydroxylation is 2. The van der Waals surface area contributed by atoms with E-state index >= 15 is 0 Å². The van der Waals surface area contributed by atoms with E-state index in [-0.39, 0.29) is 23.6 Å². The van der Waals surface area contributed by atoms with Crippen molar-refractivity contribution in [2.24, 2.45) is 0 Å². The second kappa shape index (κ2) is 15.1. The Bertz CT molecular complexity index is 847. The van der Waals surface area contributed by atoms with Crippen LogP contribution in [-0.4, -0.2) is 52.8 Å². The monoisotopic (exact) mass is 521 g/mol. The van der Waals surface area contributed by atoms with Crippen LogP contribution in [0.15, 0.2) is 18.2 Å². The van der Waals surface area contributed by atoms with Crippen LogP contribution in [0.1, 0.15) is 96.4 Å². The van der Waals surface area contributed by atoms with Crippen LogP contribution < -0.4 is 10.6 Å². The van der Waals surface area contributed by atoms with Gasteiger partial charge in [0.05, 0.1) is 0 Å². The summed E-state index contributed by atoms with van der Waals surface area (Å²) < 4.78 is 5.37. The van der Waals surface area contributed by atoms with Crippen LogP contribution in [0.2, 0.25) is 0 Å². The molecule has 1 aromatic carbocycles. The molecule has 1 aromatic rings. The van der Waals surface area contributed by atoms with Crippen LogP contribution in [0.3, 0.4) is 0 Å². The van der Waals surface area contributed by atoms with E-state index in [4.69, 9.17) is 4.74 Å². The molecular formula is C28H47N3O4S. The number of hydrogen-bond acceptors (Lipinski definition) is 5. The largest absolute Gasteiger partial charge is 0.444 e. The highest BCUT2D eigenvalue weighted by atomic mass is 32.1. The van der Waals surface area contributed by atoms with E-state index in [2.05, 4.69) is 30.2 Å². The quantitative estimate of drug-likeness (QED) is 0.237. The summed E-state index contributed by atoms with van der Waals surface area (Å²) in [6.45, 7) is 15.6. The zero-order chi connectivity index (χ0) is 27.5. The van der Waals surface area contributed by atoms with Crippen LogP contribution >= 0.6 is 12.6 Å². The van der Waals surface area contributed by atoms with E-state index < -0.39 is 23.8 Å². The van der Waals surface area contributed by atoms with Gasteiger partial charge in [0.2, 0.25) is 11.8 Å². The Kier molecular flexibility index (Phi) is 13.4. The van der Waals surface area contributed by atoms with E-state index in [1.807, 2.05) is 45.9 Å². The van der Waals surface area contributed by atoms with Gasteiger partial charge in [-0.2, -0.15) is 12.6 Å². The van der Waals surface area contributed by atoms with Crippen LogP contribution in [0.4, 0.5) is 4.79 Å². The molecule has 7 nitrogen and oxygen atoms in total. The van der Waals surface area contributed by atoms with Gasteiger partial charge in [0.15, 0.2) is 0 Å². The van der Waals surface area contributed by atoms with E-state index in [0.29, 0.717) is 6.54 Å². The molecule has 3 amide bonds. The molecule has 2 atom stereocenters.